The number of rotatable bonds is 4. The molecule has 76 valence electrons. The van der Waals surface area contributed by atoms with Crippen LogP contribution in [0.1, 0.15) is 6.42 Å². The van der Waals surface area contributed by atoms with Crippen molar-refractivity contribution < 1.29 is 14.6 Å². The number of hydrogen-bond acceptors (Lipinski definition) is 3. The molecular formula is C10H13NO3. The Kier molecular flexibility index (Phi) is 3.94. The van der Waals surface area contributed by atoms with Gasteiger partial charge < -0.3 is 15.2 Å². The van der Waals surface area contributed by atoms with Gasteiger partial charge in [0.1, 0.15) is 5.75 Å². The van der Waals surface area contributed by atoms with E-state index in [-0.39, 0.29) is 18.9 Å². The van der Waals surface area contributed by atoms with Crippen LogP contribution in [0.25, 0.3) is 0 Å². The third-order valence-corrected chi connectivity index (χ3v) is 1.72. The smallest absolute Gasteiger partial charge is 0.226 e. The molecule has 1 rings (SSSR count). The van der Waals surface area contributed by atoms with E-state index in [0.29, 0.717) is 11.4 Å². The maximum atomic E-state index is 11.2. The van der Waals surface area contributed by atoms with Gasteiger partial charge in [0.05, 0.1) is 25.8 Å². The zero-order chi connectivity index (χ0) is 10.4. The van der Waals surface area contributed by atoms with Gasteiger partial charge in [-0.15, -0.1) is 0 Å². The number of aliphatic hydroxyl groups excluding tert-OH is 1. The summed E-state index contributed by atoms with van der Waals surface area (Å²) >= 11 is 0. The van der Waals surface area contributed by atoms with Crippen molar-refractivity contribution in [3.8, 4) is 5.75 Å². The van der Waals surface area contributed by atoms with E-state index in [1.807, 2.05) is 6.07 Å². The van der Waals surface area contributed by atoms with Crippen molar-refractivity contribution in [3.05, 3.63) is 24.3 Å². The lowest BCUT2D eigenvalue weighted by molar-refractivity contribution is -0.116. The zero-order valence-electron chi connectivity index (χ0n) is 7.99. The summed E-state index contributed by atoms with van der Waals surface area (Å²) in [4.78, 5) is 11.2. The zero-order valence-corrected chi connectivity index (χ0v) is 7.99. The van der Waals surface area contributed by atoms with E-state index in [4.69, 9.17) is 9.84 Å². The Morgan fingerprint density at radius 2 is 2.21 bits per heavy atom. The molecule has 14 heavy (non-hydrogen) atoms. The fourth-order valence-electron chi connectivity index (χ4n) is 1.06. The molecule has 1 aromatic carbocycles. The highest BCUT2D eigenvalue weighted by Gasteiger charge is 2.05. The fraction of sp³-hybridized carbons (Fsp3) is 0.300. The maximum Gasteiger partial charge on any atom is 0.226 e. The summed E-state index contributed by atoms with van der Waals surface area (Å²) in [6.45, 7) is -0.152. The van der Waals surface area contributed by atoms with Gasteiger partial charge in [0.25, 0.3) is 0 Å². The predicted octanol–water partition coefficient (Wildman–Crippen LogP) is 1.02. The van der Waals surface area contributed by atoms with Crippen LogP contribution in [0.3, 0.4) is 0 Å². The largest absolute Gasteiger partial charge is 0.495 e. The van der Waals surface area contributed by atoms with Gasteiger partial charge in [0, 0.05) is 0 Å². The van der Waals surface area contributed by atoms with Gasteiger partial charge >= 0.3 is 0 Å². The van der Waals surface area contributed by atoms with Crippen molar-refractivity contribution in [3.63, 3.8) is 0 Å². The number of para-hydroxylation sites is 2. The lowest BCUT2D eigenvalue weighted by atomic mass is 10.3. The van der Waals surface area contributed by atoms with E-state index < -0.39 is 0 Å². The van der Waals surface area contributed by atoms with Gasteiger partial charge in [0.15, 0.2) is 0 Å². The van der Waals surface area contributed by atoms with E-state index in [2.05, 4.69) is 5.32 Å². The van der Waals surface area contributed by atoms with Crippen LogP contribution in [0, 0.1) is 0 Å². The predicted molar refractivity (Wildman–Crippen MR) is 53.3 cm³/mol. The highest BCUT2D eigenvalue weighted by molar-refractivity contribution is 5.92. The highest BCUT2D eigenvalue weighted by atomic mass is 16.5. The second-order valence-corrected chi connectivity index (χ2v) is 2.72. The molecule has 0 heterocycles. The fourth-order valence-corrected chi connectivity index (χ4v) is 1.06. The SMILES string of the molecule is COc1ccccc1NC(=O)CCO. The number of ether oxygens (including phenoxy) is 1. The number of amides is 1. The molecule has 1 aromatic rings. The van der Waals surface area contributed by atoms with Crippen LogP contribution in [0.15, 0.2) is 24.3 Å². The first-order chi connectivity index (χ1) is 6.77. The first-order valence-electron chi connectivity index (χ1n) is 4.31. The minimum absolute atomic E-state index is 0.0953. The molecule has 4 heteroatoms. The summed E-state index contributed by atoms with van der Waals surface area (Å²) in [5.74, 6) is 0.385. The van der Waals surface area contributed by atoms with Crippen molar-refractivity contribution in [2.75, 3.05) is 19.0 Å². The number of carbonyl (C=O) groups is 1. The molecule has 0 aliphatic rings. The summed E-state index contributed by atoms with van der Waals surface area (Å²) in [5, 5.41) is 11.2. The first-order valence-corrected chi connectivity index (χ1v) is 4.31. The Labute approximate surface area is 82.5 Å². The summed E-state index contributed by atoms with van der Waals surface area (Å²) in [6, 6.07) is 7.13. The lowest BCUT2D eigenvalue weighted by Gasteiger charge is -2.08. The minimum Gasteiger partial charge on any atom is -0.495 e. The minimum atomic E-state index is -0.225. The van der Waals surface area contributed by atoms with Crippen LogP contribution in [-0.2, 0) is 4.79 Å². The topological polar surface area (TPSA) is 58.6 Å². The Hall–Kier alpha value is -1.55. The number of anilines is 1. The van der Waals surface area contributed by atoms with Gasteiger partial charge in [0.2, 0.25) is 5.91 Å². The van der Waals surface area contributed by atoms with Gasteiger partial charge in [-0.05, 0) is 12.1 Å². The van der Waals surface area contributed by atoms with Gasteiger partial charge in [-0.25, -0.2) is 0 Å². The van der Waals surface area contributed by atoms with E-state index in [1.54, 1.807) is 18.2 Å². The first kappa shape index (κ1) is 10.5. The molecule has 1 amide bonds. The number of carbonyl (C=O) groups excluding carboxylic acids is 1. The Morgan fingerprint density at radius 3 is 2.86 bits per heavy atom. The van der Waals surface area contributed by atoms with E-state index >= 15 is 0 Å². The summed E-state index contributed by atoms with van der Waals surface area (Å²) in [7, 11) is 1.54. The van der Waals surface area contributed by atoms with Crippen LogP contribution in [0.2, 0.25) is 0 Å². The summed E-state index contributed by atoms with van der Waals surface area (Å²) in [5.41, 5.74) is 0.619. The second-order valence-electron chi connectivity index (χ2n) is 2.72. The van der Waals surface area contributed by atoms with Crippen LogP contribution < -0.4 is 10.1 Å². The van der Waals surface area contributed by atoms with Crippen LogP contribution in [0.5, 0.6) is 5.75 Å². The van der Waals surface area contributed by atoms with E-state index in [9.17, 15) is 4.79 Å². The average molecular weight is 195 g/mol. The summed E-state index contributed by atoms with van der Waals surface area (Å²) < 4.78 is 5.05. The molecule has 0 fully saturated rings. The molecule has 0 spiro atoms. The lowest BCUT2D eigenvalue weighted by Crippen LogP contribution is -2.13. The molecule has 2 N–H and O–H groups in total. The Morgan fingerprint density at radius 1 is 1.50 bits per heavy atom. The number of hydrogen-bond donors (Lipinski definition) is 2. The molecule has 0 bridgehead atoms. The van der Waals surface area contributed by atoms with E-state index in [1.165, 1.54) is 7.11 Å². The van der Waals surface area contributed by atoms with Gasteiger partial charge in [-0.3, -0.25) is 4.79 Å². The molecule has 0 aliphatic carbocycles. The average Bonchev–Trinajstić information content (AvgIpc) is 2.19. The number of nitrogens with one attached hydrogen (secondary N) is 1. The third-order valence-electron chi connectivity index (χ3n) is 1.72. The second kappa shape index (κ2) is 5.24. The molecule has 0 radical (unpaired) electrons. The highest BCUT2D eigenvalue weighted by Crippen LogP contribution is 2.22. The van der Waals surface area contributed by atoms with Crippen LogP contribution in [0.4, 0.5) is 5.69 Å². The van der Waals surface area contributed by atoms with Crippen molar-refractivity contribution in [2.45, 2.75) is 6.42 Å². The molecule has 4 nitrogen and oxygen atoms in total. The maximum absolute atomic E-state index is 11.2. The van der Waals surface area contributed by atoms with Crippen molar-refractivity contribution in [2.24, 2.45) is 0 Å². The molecule has 0 saturated heterocycles. The summed E-state index contributed by atoms with van der Waals surface area (Å²) in [6.07, 6.45) is 0.0953. The molecular weight excluding hydrogens is 182 g/mol. The standard InChI is InChI=1S/C10H13NO3/c1-14-9-5-3-2-4-8(9)11-10(13)6-7-12/h2-5,12H,6-7H2,1H3,(H,11,13). The molecule has 0 atom stereocenters. The van der Waals surface area contributed by atoms with Crippen LogP contribution >= 0.6 is 0 Å². The number of methoxy groups -OCH3 is 1. The van der Waals surface area contributed by atoms with Gasteiger partial charge in [-0.2, -0.15) is 0 Å². The number of aliphatic hydroxyl groups is 1. The Balaban J connectivity index is 2.70. The van der Waals surface area contributed by atoms with E-state index in [0.717, 1.165) is 0 Å². The van der Waals surface area contributed by atoms with Crippen molar-refractivity contribution in [1.82, 2.24) is 0 Å². The van der Waals surface area contributed by atoms with Gasteiger partial charge in [-0.1, -0.05) is 12.1 Å². The molecule has 0 saturated carbocycles. The Bertz CT molecular complexity index is 312. The molecule has 0 aliphatic heterocycles. The molecule has 0 aromatic heterocycles. The van der Waals surface area contributed by atoms with Crippen LogP contribution in [-0.4, -0.2) is 24.7 Å². The monoisotopic (exact) mass is 195 g/mol. The quantitative estimate of drug-likeness (QED) is 0.754. The normalized spacial score (nSPS) is 9.57. The molecule has 0 unspecified atom stereocenters. The number of benzene rings is 1. The third kappa shape index (κ3) is 2.74. The van der Waals surface area contributed by atoms with Crippen molar-refractivity contribution in [1.29, 1.82) is 0 Å². The van der Waals surface area contributed by atoms with Crippen molar-refractivity contribution >= 4 is 11.6 Å².